The van der Waals surface area contributed by atoms with Gasteiger partial charge in [-0.05, 0) is 43.0 Å². The van der Waals surface area contributed by atoms with Gasteiger partial charge in [-0.2, -0.15) is 0 Å². The number of rotatable bonds is 1. The summed E-state index contributed by atoms with van der Waals surface area (Å²) in [4.78, 5) is 7.21. The summed E-state index contributed by atoms with van der Waals surface area (Å²) < 4.78 is 2.19. The van der Waals surface area contributed by atoms with Crippen LogP contribution < -0.4 is 4.90 Å². The van der Waals surface area contributed by atoms with Gasteiger partial charge in [0, 0.05) is 31.0 Å². The van der Waals surface area contributed by atoms with Crippen molar-refractivity contribution < 1.29 is 0 Å². The van der Waals surface area contributed by atoms with Gasteiger partial charge in [0.25, 0.3) is 0 Å². The molecule has 1 aliphatic rings. The summed E-state index contributed by atoms with van der Waals surface area (Å²) in [6.45, 7) is 6.77. The second kappa shape index (κ2) is 4.23. The molecule has 1 saturated heterocycles. The molecule has 2 aromatic heterocycles. The third-order valence-electron chi connectivity index (χ3n) is 4.33. The minimum atomic E-state index is 0.799. The summed E-state index contributed by atoms with van der Waals surface area (Å²) in [5, 5.41) is 0. The van der Waals surface area contributed by atoms with E-state index < -0.39 is 0 Å². The van der Waals surface area contributed by atoms with Crippen molar-refractivity contribution in [1.29, 1.82) is 0 Å². The smallest absolute Gasteiger partial charge is 0.139 e. The average Bonchev–Trinajstić information content (AvgIpc) is 3.01. The van der Waals surface area contributed by atoms with Crippen LogP contribution in [0.1, 0.15) is 18.9 Å². The van der Waals surface area contributed by atoms with Gasteiger partial charge < -0.3 is 4.90 Å². The Morgan fingerprint density at radius 1 is 1.20 bits per heavy atom. The predicted octanol–water partition coefficient (Wildman–Crippen LogP) is 3.64. The highest BCUT2D eigenvalue weighted by Crippen LogP contribution is 2.26. The number of aromatic nitrogens is 2. The molecule has 1 atom stereocenters. The van der Waals surface area contributed by atoms with Crippen molar-refractivity contribution in [2.45, 2.75) is 20.3 Å². The molecule has 0 saturated carbocycles. The van der Waals surface area contributed by atoms with Gasteiger partial charge in [0.15, 0.2) is 0 Å². The van der Waals surface area contributed by atoms with Crippen LogP contribution in [0.3, 0.4) is 0 Å². The zero-order chi connectivity index (χ0) is 13.7. The Labute approximate surface area is 118 Å². The standard InChI is InChI=1S/C17H19N3/c1-12-3-4-15-16(9-12)20-8-6-14(10-17(20)18-15)19-7-5-13(2)11-19/h3-4,6,8-10,13H,5,7,11H2,1-2H3/t13-/m1/s1. The van der Waals surface area contributed by atoms with E-state index >= 15 is 0 Å². The summed E-state index contributed by atoms with van der Waals surface area (Å²) in [6, 6.07) is 10.9. The van der Waals surface area contributed by atoms with Crippen molar-refractivity contribution in [2.75, 3.05) is 18.0 Å². The molecule has 4 rings (SSSR count). The van der Waals surface area contributed by atoms with E-state index in [-0.39, 0.29) is 0 Å². The Morgan fingerprint density at radius 2 is 2.10 bits per heavy atom. The van der Waals surface area contributed by atoms with Crippen LogP contribution in [0, 0.1) is 12.8 Å². The van der Waals surface area contributed by atoms with Crippen LogP contribution in [-0.4, -0.2) is 22.5 Å². The maximum absolute atomic E-state index is 4.74. The van der Waals surface area contributed by atoms with E-state index in [2.05, 4.69) is 59.7 Å². The number of fused-ring (bicyclic) bond motifs is 3. The molecule has 1 fully saturated rings. The van der Waals surface area contributed by atoms with Crippen LogP contribution >= 0.6 is 0 Å². The maximum atomic E-state index is 4.74. The van der Waals surface area contributed by atoms with E-state index in [9.17, 15) is 0 Å². The van der Waals surface area contributed by atoms with Crippen molar-refractivity contribution >= 4 is 22.4 Å². The summed E-state index contributed by atoms with van der Waals surface area (Å²) in [6.07, 6.45) is 3.45. The summed E-state index contributed by atoms with van der Waals surface area (Å²) >= 11 is 0. The number of aryl methyl sites for hydroxylation is 1. The molecule has 20 heavy (non-hydrogen) atoms. The lowest BCUT2D eigenvalue weighted by atomic mass is 10.2. The molecule has 0 unspecified atom stereocenters. The third-order valence-corrected chi connectivity index (χ3v) is 4.33. The van der Waals surface area contributed by atoms with Crippen molar-refractivity contribution in [3.63, 3.8) is 0 Å². The van der Waals surface area contributed by atoms with Gasteiger partial charge in [0.2, 0.25) is 0 Å². The van der Waals surface area contributed by atoms with Crippen molar-refractivity contribution in [3.8, 4) is 0 Å². The van der Waals surface area contributed by atoms with E-state index in [1.54, 1.807) is 0 Å². The average molecular weight is 265 g/mol. The molecule has 102 valence electrons. The molecule has 3 aromatic rings. The SMILES string of the molecule is Cc1ccc2nc3cc(N4CC[C@@H](C)C4)ccn3c2c1. The first-order valence-electron chi connectivity index (χ1n) is 7.34. The number of hydrogen-bond acceptors (Lipinski definition) is 2. The maximum Gasteiger partial charge on any atom is 0.139 e. The Hall–Kier alpha value is -2.03. The number of imidazole rings is 1. The van der Waals surface area contributed by atoms with Gasteiger partial charge in [-0.3, -0.25) is 4.40 Å². The molecule has 1 aliphatic heterocycles. The van der Waals surface area contributed by atoms with Gasteiger partial charge in [0.1, 0.15) is 5.65 Å². The largest absolute Gasteiger partial charge is 0.371 e. The van der Waals surface area contributed by atoms with Crippen LogP contribution in [-0.2, 0) is 0 Å². The molecule has 0 N–H and O–H groups in total. The Kier molecular flexibility index (Phi) is 2.49. The van der Waals surface area contributed by atoms with E-state index in [1.807, 2.05) is 0 Å². The quantitative estimate of drug-likeness (QED) is 0.669. The fourth-order valence-corrected chi connectivity index (χ4v) is 3.18. The lowest BCUT2D eigenvalue weighted by Crippen LogP contribution is -2.18. The highest BCUT2D eigenvalue weighted by Gasteiger charge is 2.19. The zero-order valence-corrected chi connectivity index (χ0v) is 12.0. The second-order valence-corrected chi connectivity index (χ2v) is 6.06. The Balaban J connectivity index is 1.85. The first kappa shape index (κ1) is 11.8. The lowest BCUT2D eigenvalue weighted by Gasteiger charge is -2.18. The number of hydrogen-bond donors (Lipinski definition) is 0. The van der Waals surface area contributed by atoms with Gasteiger partial charge in [-0.15, -0.1) is 0 Å². The lowest BCUT2D eigenvalue weighted by molar-refractivity contribution is 0.659. The molecular formula is C17H19N3. The van der Waals surface area contributed by atoms with E-state index in [4.69, 9.17) is 4.98 Å². The highest BCUT2D eigenvalue weighted by molar-refractivity contribution is 5.82. The Bertz CT molecular complexity index is 787. The fraction of sp³-hybridized carbons (Fsp3) is 0.353. The number of pyridine rings is 1. The van der Waals surface area contributed by atoms with Crippen molar-refractivity contribution in [2.24, 2.45) is 5.92 Å². The first-order valence-corrected chi connectivity index (χ1v) is 7.34. The molecule has 0 amide bonds. The molecule has 0 spiro atoms. The summed E-state index contributed by atoms with van der Waals surface area (Å²) in [5.41, 5.74) is 5.89. The monoisotopic (exact) mass is 265 g/mol. The van der Waals surface area contributed by atoms with Crippen LogP contribution in [0.5, 0.6) is 0 Å². The van der Waals surface area contributed by atoms with Crippen LogP contribution in [0.15, 0.2) is 36.5 Å². The molecule has 3 nitrogen and oxygen atoms in total. The van der Waals surface area contributed by atoms with Crippen LogP contribution in [0.25, 0.3) is 16.7 Å². The molecule has 1 aromatic carbocycles. The topological polar surface area (TPSA) is 20.5 Å². The molecule has 3 heterocycles. The predicted molar refractivity (Wildman–Crippen MR) is 83.4 cm³/mol. The Morgan fingerprint density at radius 3 is 2.90 bits per heavy atom. The third kappa shape index (κ3) is 1.77. The normalized spacial score (nSPS) is 19.3. The molecule has 3 heteroatoms. The summed E-state index contributed by atoms with van der Waals surface area (Å²) in [5.74, 6) is 0.799. The van der Waals surface area contributed by atoms with Crippen molar-refractivity contribution in [3.05, 3.63) is 42.1 Å². The van der Waals surface area contributed by atoms with Gasteiger partial charge in [-0.25, -0.2) is 4.98 Å². The van der Waals surface area contributed by atoms with Gasteiger partial charge >= 0.3 is 0 Å². The number of benzene rings is 1. The molecular weight excluding hydrogens is 246 g/mol. The fourth-order valence-electron chi connectivity index (χ4n) is 3.18. The second-order valence-electron chi connectivity index (χ2n) is 6.06. The highest BCUT2D eigenvalue weighted by atomic mass is 15.2. The van der Waals surface area contributed by atoms with Crippen molar-refractivity contribution in [1.82, 2.24) is 9.38 Å². The molecule has 0 aliphatic carbocycles. The number of nitrogens with zero attached hydrogens (tertiary/aromatic N) is 3. The summed E-state index contributed by atoms with van der Waals surface area (Å²) in [7, 11) is 0. The van der Waals surface area contributed by atoms with Crippen LogP contribution in [0.4, 0.5) is 5.69 Å². The zero-order valence-electron chi connectivity index (χ0n) is 12.0. The van der Waals surface area contributed by atoms with E-state index in [0.717, 1.165) is 30.2 Å². The minimum Gasteiger partial charge on any atom is -0.371 e. The van der Waals surface area contributed by atoms with E-state index in [1.165, 1.54) is 23.2 Å². The van der Waals surface area contributed by atoms with Gasteiger partial charge in [0.05, 0.1) is 11.0 Å². The number of anilines is 1. The first-order chi connectivity index (χ1) is 9.70. The minimum absolute atomic E-state index is 0.799. The van der Waals surface area contributed by atoms with E-state index in [0.29, 0.717) is 0 Å². The van der Waals surface area contributed by atoms with Crippen LogP contribution in [0.2, 0.25) is 0 Å². The van der Waals surface area contributed by atoms with Gasteiger partial charge in [-0.1, -0.05) is 13.0 Å². The molecule has 0 bridgehead atoms. The molecule has 0 radical (unpaired) electrons.